The quantitative estimate of drug-likeness (QED) is 0.260. The highest BCUT2D eigenvalue weighted by molar-refractivity contribution is 8.01. The number of thiazole rings is 1. The molecule has 0 radical (unpaired) electrons. The average molecular weight is 494 g/mol. The third kappa shape index (κ3) is 4.46. The van der Waals surface area contributed by atoms with E-state index in [-0.39, 0.29) is 0 Å². The molecule has 0 unspecified atom stereocenters. The molecule has 5 rings (SSSR count). The molecule has 0 saturated heterocycles. The Hall–Kier alpha value is -2.94. The van der Waals surface area contributed by atoms with Crippen molar-refractivity contribution in [3.63, 3.8) is 0 Å². The highest BCUT2D eigenvalue weighted by atomic mass is 35.5. The molecule has 0 bridgehead atoms. The minimum atomic E-state index is 0.299. The maximum absolute atomic E-state index is 6.51. The van der Waals surface area contributed by atoms with Gasteiger partial charge in [0.25, 0.3) is 0 Å². The summed E-state index contributed by atoms with van der Waals surface area (Å²) in [5.41, 5.74) is 4.82. The summed E-state index contributed by atoms with van der Waals surface area (Å²) in [5, 5.41) is 7.87. The first-order valence-electron chi connectivity index (χ1n) is 10.4. The molecule has 0 aliphatic carbocycles. The van der Waals surface area contributed by atoms with E-state index in [0.717, 1.165) is 49.1 Å². The molecule has 33 heavy (non-hydrogen) atoms. The lowest BCUT2D eigenvalue weighted by Gasteiger charge is -2.15. The Kier molecular flexibility index (Phi) is 6.30. The number of fused-ring (bicyclic) bond motifs is 1. The van der Waals surface area contributed by atoms with Crippen LogP contribution < -0.4 is 4.74 Å². The molecule has 1 aromatic carbocycles. The van der Waals surface area contributed by atoms with E-state index in [0.29, 0.717) is 17.4 Å². The third-order valence-electron chi connectivity index (χ3n) is 5.26. The van der Waals surface area contributed by atoms with Gasteiger partial charge in [0.15, 0.2) is 4.34 Å². The van der Waals surface area contributed by atoms with Crippen molar-refractivity contribution in [2.45, 2.75) is 29.2 Å². The fourth-order valence-corrected chi connectivity index (χ4v) is 5.56. The Morgan fingerprint density at radius 3 is 2.85 bits per heavy atom. The summed E-state index contributed by atoms with van der Waals surface area (Å²) in [5.74, 6) is 0.712. The highest BCUT2D eigenvalue weighted by Gasteiger charge is 2.16. The van der Waals surface area contributed by atoms with Gasteiger partial charge in [0.1, 0.15) is 17.9 Å². The van der Waals surface area contributed by atoms with Crippen LogP contribution in [-0.4, -0.2) is 24.7 Å². The van der Waals surface area contributed by atoms with Crippen LogP contribution in [0.5, 0.6) is 5.75 Å². The lowest BCUT2D eigenvalue weighted by molar-refractivity contribution is 0.306. The van der Waals surface area contributed by atoms with Crippen LogP contribution in [0.3, 0.4) is 0 Å². The second-order valence-corrected chi connectivity index (χ2v) is 9.88. The molecule has 166 valence electrons. The molecule has 0 amide bonds. The monoisotopic (exact) mass is 493 g/mol. The van der Waals surface area contributed by atoms with Crippen molar-refractivity contribution < 1.29 is 4.74 Å². The first-order valence-corrected chi connectivity index (χ1v) is 12.4. The van der Waals surface area contributed by atoms with Crippen LogP contribution >= 0.6 is 34.7 Å². The molecular formula is C24H20ClN5OS2. The summed E-state index contributed by atoms with van der Waals surface area (Å²) in [4.78, 5) is 14.4. The molecule has 0 spiro atoms. The van der Waals surface area contributed by atoms with E-state index in [9.17, 15) is 0 Å². The van der Waals surface area contributed by atoms with Crippen molar-refractivity contribution in [2.24, 2.45) is 7.05 Å². The number of benzene rings is 1. The number of pyridine rings is 2. The fourth-order valence-electron chi connectivity index (χ4n) is 3.60. The number of hydrogen-bond donors (Lipinski definition) is 0. The van der Waals surface area contributed by atoms with Crippen molar-refractivity contribution in [3.8, 4) is 17.0 Å². The molecule has 0 atom stereocenters. The Morgan fingerprint density at radius 2 is 2.09 bits per heavy atom. The largest absolute Gasteiger partial charge is 0.487 e. The van der Waals surface area contributed by atoms with Crippen molar-refractivity contribution in [3.05, 3.63) is 76.8 Å². The molecule has 9 heteroatoms. The first-order chi connectivity index (χ1) is 16.1. The molecular weight excluding hydrogens is 474 g/mol. The number of aromatic nitrogens is 5. The zero-order chi connectivity index (χ0) is 22.8. The van der Waals surface area contributed by atoms with E-state index in [1.165, 1.54) is 11.8 Å². The van der Waals surface area contributed by atoms with Gasteiger partial charge in [-0.1, -0.05) is 42.4 Å². The normalized spacial score (nSPS) is 11.2. The second-order valence-electron chi connectivity index (χ2n) is 7.29. The summed E-state index contributed by atoms with van der Waals surface area (Å²) < 4.78 is 9.13. The molecule has 6 nitrogen and oxygen atoms in total. The van der Waals surface area contributed by atoms with Crippen molar-refractivity contribution >= 4 is 45.6 Å². The Morgan fingerprint density at radius 1 is 1.18 bits per heavy atom. The van der Waals surface area contributed by atoms with Gasteiger partial charge >= 0.3 is 0 Å². The van der Waals surface area contributed by atoms with Crippen LogP contribution in [0, 0.1) is 0 Å². The zero-order valence-corrected chi connectivity index (χ0v) is 20.4. The number of rotatable bonds is 7. The maximum Gasteiger partial charge on any atom is 0.154 e. The zero-order valence-electron chi connectivity index (χ0n) is 18.0. The van der Waals surface area contributed by atoms with Crippen LogP contribution in [0.2, 0.25) is 5.02 Å². The topological polar surface area (TPSA) is 65.7 Å². The van der Waals surface area contributed by atoms with Crippen LogP contribution in [0.1, 0.15) is 18.2 Å². The Labute approximate surface area is 204 Å². The smallest absolute Gasteiger partial charge is 0.154 e. The summed E-state index contributed by atoms with van der Waals surface area (Å²) in [6.45, 7) is 2.40. The van der Waals surface area contributed by atoms with Crippen molar-refractivity contribution in [1.82, 2.24) is 24.7 Å². The number of ether oxygens (including phenoxy) is 1. The maximum atomic E-state index is 6.51. The van der Waals surface area contributed by atoms with Gasteiger partial charge in [0.2, 0.25) is 0 Å². The number of aryl methyl sites for hydroxylation is 2. The van der Waals surface area contributed by atoms with E-state index >= 15 is 0 Å². The van der Waals surface area contributed by atoms with Crippen molar-refractivity contribution in [2.75, 3.05) is 0 Å². The molecule has 4 aromatic heterocycles. The summed E-state index contributed by atoms with van der Waals surface area (Å²) in [6.07, 6.45) is 7.85. The van der Waals surface area contributed by atoms with E-state index in [1.54, 1.807) is 36.1 Å². The first kappa shape index (κ1) is 21.9. The number of nitrogens with zero attached hydrogens (tertiary/aromatic N) is 5. The minimum Gasteiger partial charge on any atom is -0.487 e. The summed E-state index contributed by atoms with van der Waals surface area (Å²) >= 11 is 9.63. The fraction of sp³-hybridized carbons (Fsp3) is 0.167. The summed E-state index contributed by atoms with van der Waals surface area (Å²) in [7, 11) is 1.95. The summed E-state index contributed by atoms with van der Waals surface area (Å²) in [6, 6.07) is 10.2. The Balaban J connectivity index is 1.53. The molecule has 0 N–H and O–H groups in total. The van der Waals surface area contributed by atoms with E-state index in [4.69, 9.17) is 21.3 Å². The lowest BCUT2D eigenvalue weighted by atomic mass is 10.0. The predicted molar refractivity (Wildman–Crippen MR) is 133 cm³/mol. The average Bonchev–Trinajstić information content (AvgIpc) is 3.49. The highest BCUT2D eigenvalue weighted by Crippen LogP contribution is 2.37. The predicted octanol–water partition coefficient (Wildman–Crippen LogP) is 6.43. The Bertz CT molecular complexity index is 1420. The number of hydrogen-bond acceptors (Lipinski definition) is 7. The number of halogens is 1. The minimum absolute atomic E-state index is 0.299. The molecule has 0 aliphatic heterocycles. The third-order valence-corrected chi connectivity index (χ3v) is 7.54. The van der Waals surface area contributed by atoms with E-state index < -0.39 is 0 Å². The number of para-hydroxylation sites is 1. The van der Waals surface area contributed by atoms with Gasteiger partial charge in [-0.3, -0.25) is 9.67 Å². The lowest BCUT2D eigenvalue weighted by Crippen LogP contribution is -2.02. The van der Waals surface area contributed by atoms with Gasteiger partial charge in [-0.2, -0.15) is 5.10 Å². The molecule has 0 aliphatic rings. The van der Waals surface area contributed by atoms with Gasteiger partial charge in [-0.15, -0.1) is 11.3 Å². The molecule has 0 saturated carbocycles. The second kappa shape index (κ2) is 9.51. The van der Waals surface area contributed by atoms with Gasteiger partial charge in [-0.25, -0.2) is 9.97 Å². The molecule has 4 heterocycles. The van der Waals surface area contributed by atoms with Gasteiger partial charge in [0, 0.05) is 64.3 Å². The van der Waals surface area contributed by atoms with Gasteiger partial charge in [0.05, 0.1) is 10.7 Å². The van der Waals surface area contributed by atoms with Crippen molar-refractivity contribution in [1.29, 1.82) is 0 Å². The van der Waals surface area contributed by atoms with Gasteiger partial charge < -0.3 is 4.74 Å². The van der Waals surface area contributed by atoms with E-state index in [1.807, 2.05) is 35.3 Å². The van der Waals surface area contributed by atoms with Gasteiger partial charge in [-0.05, 0) is 24.6 Å². The molecule has 5 aromatic rings. The molecule has 0 fully saturated rings. The van der Waals surface area contributed by atoms with E-state index in [2.05, 4.69) is 34.1 Å². The van der Waals surface area contributed by atoms with Crippen LogP contribution in [0.4, 0.5) is 0 Å². The van der Waals surface area contributed by atoms with Crippen LogP contribution in [0.25, 0.3) is 22.2 Å². The standard InChI is InChI=1S/C24H20ClN5OS2/c1-3-15-11-17(20-7-8-28-30(20)2)16-5-4-6-21(23(16)29-15)31-14-18-19(25)12-26-13-22(18)33-24-27-9-10-32-24/h4-13H,3,14H2,1-2H3. The van der Waals surface area contributed by atoms with Crippen LogP contribution in [-0.2, 0) is 20.1 Å². The van der Waals surface area contributed by atoms with Crippen LogP contribution in [0.15, 0.2) is 69.7 Å². The SMILES string of the molecule is CCc1cc(-c2ccnn2C)c2cccc(OCc3c(Cl)cncc3Sc3nccs3)c2n1.